The van der Waals surface area contributed by atoms with E-state index in [2.05, 4.69) is 32.6 Å². The molecule has 2 unspecified atom stereocenters. The fourth-order valence-corrected chi connectivity index (χ4v) is 2.79. The summed E-state index contributed by atoms with van der Waals surface area (Å²) in [7, 11) is 3.68. The van der Waals surface area contributed by atoms with E-state index in [0.29, 0.717) is 0 Å². The monoisotopic (exact) mass is 328 g/mol. The summed E-state index contributed by atoms with van der Waals surface area (Å²) >= 11 is 3.52. The maximum atomic E-state index is 5.78. The fourth-order valence-electron chi connectivity index (χ4n) is 2.41. The molecule has 19 heavy (non-hydrogen) atoms. The van der Waals surface area contributed by atoms with Gasteiger partial charge in [-0.2, -0.15) is 0 Å². The normalized spacial score (nSPS) is 21.1. The van der Waals surface area contributed by atoms with Gasteiger partial charge in [0.25, 0.3) is 0 Å². The van der Waals surface area contributed by atoms with E-state index in [1.54, 1.807) is 7.11 Å². The van der Waals surface area contributed by atoms with Crippen molar-refractivity contribution in [1.29, 1.82) is 0 Å². The first kappa shape index (κ1) is 14.8. The van der Waals surface area contributed by atoms with Gasteiger partial charge in [-0.1, -0.05) is 15.9 Å². The molecule has 4 nitrogen and oxygen atoms in total. The topological polar surface area (TPSA) is 42.5 Å². The van der Waals surface area contributed by atoms with Crippen LogP contribution in [0.4, 0.5) is 0 Å². The number of methoxy groups -OCH3 is 1. The van der Waals surface area contributed by atoms with Gasteiger partial charge >= 0.3 is 0 Å². The Bertz CT molecular complexity index is 408. The standard InChI is InChI=1S/C14H21BrN2O2/c1-16-13(8-11-9-17-5-6-19-11)12-7-10(15)3-4-14(12)18-2/h3-4,7,11,13,16-17H,5-6,8-9H2,1-2H3. The summed E-state index contributed by atoms with van der Waals surface area (Å²) < 4.78 is 12.3. The molecular formula is C14H21BrN2O2. The van der Waals surface area contributed by atoms with Crippen LogP contribution in [0.5, 0.6) is 5.75 Å². The summed E-state index contributed by atoms with van der Waals surface area (Å²) in [5.41, 5.74) is 1.16. The number of rotatable bonds is 5. The Balaban J connectivity index is 2.13. The lowest BCUT2D eigenvalue weighted by Crippen LogP contribution is -2.40. The Morgan fingerprint density at radius 1 is 1.58 bits per heavy atom. The van der Waals surface area contributed by atoms with Crippen molar-refractivity contribution in [2.45, 2.75) is 18.6 Å². The van der Waals surface area contributed by atoms with Crippen LogP contribution in [0.15, 0.2) is 22.7 Å². The van der Waals surface area contributed by atoms with Crippen molar-refractivity contribution in [3.8, 4) is 5.75 Å². The molecule has 2 rings (SSSR count). The van der Waals surface area contributed by atoms with E-state index in [0.717, 1.165) is 41.9 Å². The molecule has 1 aromatic rings. The first-order valence-electron chi connectivity index (χ1n) is 6.57. The highest BCUT2D eigenvalue weighted by Crippen LogP contribution is 2.31. The van der Waals surface area contributed by atoms with Crippen LogP contribution in [0.3, 0.4) is 0 Å². The molecule has 0 saturated carbocycles. The Labute approximate surface area is 123 Å². The van der Waals surface area contributed by atoms with Crippen LogP contribution >= 0.6 is 15.9 Å². The number of nitrogens with one attached hydrogen (secondary N) is 2. The molecule has 2 atom stereocenters. The van der Waals surface area contributed by atoms with Gasteiger partial charge in [0, 0.05) is 29.2 Å². The number of ether oxygens (including phenoxy) is 2. The van der Waals surface area contributed by atoms with Crippen molar-refractivity contribution >= 4 is 15.9 Å². The van der Waals surface area contributed by atoms with E-state index >= 15 is 0 Å². The van der Waals surface area contributed by atoms with Crippen LogP contribution in [-0.4, -0.2) is 40.0 Å². The molecule has 1 aliphatic rings. The molecule has 2 N–H and O–H groups in total. The lowest BCUT2D eigenvalue weighted by Gasteiger charge is -2.28. The SMILES string of the molecule is CNC(CC1CNCCO1)c1cc(Br)ccc1OC. The summed E-state index contributed by atoms with van der Waals surface area (Å²) in [5, 5.41) is 6.72. The highest BCUT2D eigenvalue weighted by atomic mass is 79.9. The molecule has 0 radical (unpaired) electrons. The van der Waals surface area contributed by atoms with Gasteiger partial charge in [0.1, 0.15) is 5.75 Å². The van der Waals surface area contributed by atoms with Gasteiger partial charge in [0.2, 0.25) is 0 Å². The number of benzene rings is 1. The maximum absolute atomic E-state index is 5.78. The van der Waals surface area contributed by atoms with Crippen LogP contribution < -0.4 is 15.4 Å². The minimum absolute atomic E-state index is 0.220. The van der Waals surface area contributed by atoms with Gasteiger partial charge in [-0.25, -0.2) is 0 Å². The van der Waals surface area contributed by atoms with Crippen molar-refractivity contribution < 1.29 is 9.47 Å². The zero-order chi connectivity index (χ0) is 13.7. The van der Waals surface area contributed by atoms with Gasteiger partial charge in [-0.15, -0.1) is 0 Å². The van der Waals surface area contributed by atoms with E-state index in [1.165, 1.54) is 0 Å². The first-order chi connectivity index (χ1) is 9.24. The van der Waals surface area contributed by atoms with Gasteiger partial charge in [-0.05, 0) is 31.7 Å². The lowest BCUT2D eigenvalue weighted by molar-refractivity contribution is 0.0175. The molecule has 1 aromatic carbocycles. The Morgan fingerprint density at radius 3 is 3.05 bits per heavy atom. The van der Waals surface area contributed by atoms with Crippen molar-refractivity contribution in [2.24, 2.45) is 0 Å². The van der Waals surface area contributed by atoms with Crippen LogP contribution in [0.2, 0.25) is 0 Å². The molecule has 0 aromatic heterocycles. The minimum atomic E-state index is 0.220. The summed E-state index contributed by atoms with van der Waals surface area (Å²) in [6.45, 7) is 2.64. The van der Waals surface area contributed by atoms with Crippen molar-refractivity contribution in [1.82, 2.24) is 10.6 Å². The quantitative estimate of drug-likeness (QED) is 0.868. The third-order valence-electron chi connectivity index (χ3n) is 3.42. The zero-order valence-electron chi connectivity index (χ0n) is 11.4. The molecule has 0 spiro atoms. The van der Waals surface area contributed by atoms with Crippen LogP contribution in [0, 0.1) is 0 Å². The largest absolute Gasteiger partial charge is 0.496 e. The van der Waals surface area contributed by atoms with Crippen molar-refractivity contribution in [2.75, 3.05) is 33.9 Å². The summed E-state index contributed by atoms with van der Waals surface area (Å²) in [6, 6.07) is 6.31. The van der Waals surface area contributed by atoms with Gasteiger partial charge in [-0.3, -0.25) is 0 Å². The smallest absolute Gasteiger partial charge is 0.123 e. The van der Waals surface area contributed by atoms with Gasteiger partial charge in [0.05, 0.1) is 19.8 Å². The molecule has 1 fully saturated rings. The first-order valence-corrected chi connectivity index (χ1v) is 7.37. The molecule has 5 heteroatoms. The molecular weight excluding hydrogens is 308 g/mol. The molecule has 0 bridgehead atoms. The van der Waals surface area contributed by atoms with Gasteiger partial charge in [0.15, 0.2) is 0 Å². The second kappa shape index (κ2) is 7.24. The average Bonchev–Trinajstić information content (AvgIpc) is 2.46. The third-order valence-corrected chi connectivity index (χ3v) is 3.91. The maximum Gasteiger partial charge on any atom is 0.123 e. The number of morpholine rings is 1. The summed E-state index contributed by atoms with van der Waals surface area (Å²) in [5.74, 6) is 0.909. The number of halogens is 1. The molecule has 1 aliphatic heterocycles. The van der Waals surface area contributed by atoms with Gasteiger partial charge < -0.3 is 20.1 Å². The third kappa shape index (κ3) is 3.92. The Hall–Kier alpha value is -0.620. The van der Waals surface area contributed by atoms with E-state index in [-0.39, 0.29) is 12.1 Å². The predicted octanol–water partition coefficient (Wildman–Crippen LogP) is 2.10. The van der Waals surface area contributed by atoms with Crippen LogP contribution in [0.25, 0.3) is 0 Å². The summed E-state index contributed by atoms with van der Waals surface area (Å²) in [6.07, 6.45) is 1.17. The Morgan fingerprint density at radius 2 is 2.42 bits per heavy atom. The lowest BCUT2D eigenvalue weighted by atomic mass is 9.99. The highest BCUT2D eigenvalue weighted by Gasteiger charge is 2.22. The molecule has 1 saturated heterocycles. The van der Waals surface area contributed by atoms with E-state index in [1.807, 2.05) is 19.2 Å². The second-order valence-corrected chi connectivity index (χ2v) is 5.58. The second-order valence-electron chi connectivity index (χ2n) is 4.66. The van der Waals surface area contributed by atoms with Crippen molar-refractivity contribution in [3.05, 3.63) is 28.2 Å². The minimum Gasteiger partial charge on any atom is -0.496 e. The zero-order valence-corrected chi connectivity index (χ0v) is 13.0. The van der Waals surface area contributed by atoms with E-state index in [4.69, 9.17) is 9.47 Å². The van der Waals surface area contributed by atoms with Crippen LogP contribution in [-0.2, 0) is 4.74 Å². The van der Waals surface area contributed by atoms with Crippen LogP contribution in [0.1, 0.15) is 18.0 Å². The fraction of sp³-hybridized carbons (Fsp3) is 0.571. The van der Waals surface area contributed by atoms with E-state index < -0.39 is 0 Å². The van der Waals surface area contributed by atoms with E-state index in [9.17, 15) is 0 Å². The predicted molar refractivity (Wildman–Crippen MR) is 79.7 cm³/mol. The van der Waals surface area contributed by atoms with Crippen molar-refractivity contribution in [3.63, 3.8) is 0 Å². The average molecular weight is 329 g/mol. The molecule has 0 aliphatic carbocycles. The molecule has 0 amide bonds. The molecule has 106 valence electrons. The highest BCUT2D eigenvalue weighted by molar-refractivity contribution is 9.10. The molecule has 1 heterocycles. The number of hydrogen-bond acceptors (Lipinski definition) is 4. The Kier molecular flexibility index (Phi) is 5.63. The summed E-state index contributed by atoms with van der Waals surface area (Å²) in [4.78, 5) is 0. The number of hydrogen-bond donors (Lipinski definition) is 2.